The molecule has 0 aromatic heterocycles. The minimum Gasteiger partial charge on any atom is -0.495 e. The molecule has 0 bridgehead atoms. The predicted molar refractivity (Wildman–Crippen MR) is 94.6 cm³/mol. The largest absolute Gasteiger partial charge is 0.495 e. The molecule has 24 heavy (non-hydrogen) atoms. The Morgan fingerprint density at radius 1 is 1.04 bits per heavy atom. The molecule has 126 valence electrons. The van der Waals surface area contributed by atoms with Crippen molar-refractivity contribution in [1.29, 1.82) is 0 Å². The van der Waals surface area contributed by atoms with Crippen LogP contribution in [-0.2, 0) is 4.79 Å². The molecule has 0 heterocycles. The van der Waals surface area contributed by atoms with Crippen LogP contribution < -0.4 is 20.7 Å². The third kappa shape index (κ3) is 4.74. The Bertz CT molecular complexity index is 699. The maximum absolute atomic E-state index is 12.0. The van der Waals surface area contributed by atoms with Gasteiger partial charge < -0.3 is 20.7 Å². The van der Waals surface area contributed by atoms with Gasteiger partial charge in [-0.1, -0.05) is 12.1 Å². The molecule has 2 rings (SSSR count). The second kappa shape index (κ2) is 8.57. The number of rotatable bonds is 7. The van der Waals surface area contributed by atoms with Crippen molar-refractivity contribution in [3.63, 3.8) is 0 Å². The van der Waals surface area contributed by atoms with Crippen LogP contribution in [-0.4, -0.2) is 32.0 Å². The van der Waals surface area contributed by atoms with E-state index in [4.69, 9.17) is 4.74 Å². The van der Waals surface area contributed by atoms with Gasteiger partial charge in [-0.25, -0.2) is 0 Å². The van der Waals surface area contributed by atoms with Crippen LogP contribution in [0.4, 0.5) is 11.4 Å². The van der Waals surface area contributed by atoms with Crippen molar-refractivity contribution in [2.24, 2.45) is 0 Å². The molecular weight excluding hydrogens is 306 g/mol. The number of amides is 2. The molecule has 3 N–H and O–H groups in total. The predicted octanol–water partition coefficient (Wildman–Crippen LogP) is 2.50. The maximum Gasteiger partial charge on any atom is 0.251 e. The van der Waals surface area contributed by atoms with Crippen LogP contribution in [0.25, 0.3) is 0 Å². The van der Waals surface area contributed by atoms with Crippen molar-refractivity contribution < 1.29 is 14.3 Å². The topological polar surface area (TPSA) is 79.5 Å². The monoisotopic (exact) mass is 327 g/mol. The number of nitrogens with one attached hydrogen (secondary N) is 3. The summed E-state index contributed by atoms with van der Waals surface area (Å²) in [5, 5.41) is 8.54. The van der Waals surface area contributed by atoms with Crippen molar-refractivity contribution >= 4 is 23.2 Å². The molecule has 0 aliphatic heterocycles. The average molecular weight is 327 g/mol. The summed E-state index contributed by atoms with van der Waals surface area (Å²) in [4.78, 5) is 23.7. The molecule has 6 heteroatoms. The molecule has 0 radical (unpaired) electrons. The Morgan fingerprint density at radius 2 is 1.75 bits per heavy atom. The summed E-state index contributed by atoms with van der Waals surface area (Å²) in [7, 11) is 1.56. The van der Waals surface area contributed by atoms with E-state index in [0.29, 0.717) is 23.5 Å². The second-order valence-corrected chi connectivity index (χ2v) is 5.04. The van der Waals surface area contributed by atoms with Crippen molar-refractivity contribution in [2.45, 2.75) is 6.92 Å². The number of benzene rings is 2. The minimum absolute atomic E-state index is 0.110. The quantitative estimate of drug-likeness (QED) is 0.730. The van der Waals surface area contributed by atoms with E-state index in [1.54, 1.807) is 43.5 Å². The average Bonchev–Trinajstić information content (AvgIpc) is 2.61. The highest BCUT2D eigenvalue weighted by Crippen LogP contribution is 2.22. The molecule has 2 aromatic carbocycles. The van der Waals surface area contributed by atoms with Crippen LogP contribution in [0.5, 0.6) is 5.75 Å². The lowest BCUT2D eigenvalue weighted by Gasteiger charge is -2.11. The molecule has 2 amide bonds. The minimum atomic E-state index is -0.188. The zero-order valence-corrected chi connectivity index (χ0v) is 13.8. The third-order valence-corrected chi connectivity index (χ3v) is 3.32. The smallest absolute Gasteiger partial charge is 0.251 e. The van der Waals surface area contributed by atoms with Gasteiger partial charge in [-0.2, -0.15) is 0 Å². The zero-order chi connectivity index (χ0) is 17.4. The van der Waals surface area contributed by atoms with Crippen LogP contribution in [0.2, 0.25) is 0 Å². The van der Waals surface area contributed by atoms with Crippen molar-refractivity contribution in [3.05, 3.63) is 54.1 Å². The number of anilines is 2. The van der Waals surface area contributed by atoms with Gasteiger partial charge in [0.25, 0.3) is 5.91 Å². The number of hydrogen-bond acceptors (Lipinski definition) is 4. The lowest BCUT2D eigenvalue weighted by Crippen LogP contribution is -2.23. The lowest BCUT2D eigenvalue weighted by atomic mass is 10.2. The summed E-state index contributed by atoms with van der Waals surface area (Å²) >= 11 is 0. The van der Waals surface area contributed by atoms with Gasteiger partial charge in [0.1, 0.15) is 5.75 Å². The first-order chi connectivity index (χ1) is 11.6. The van der Waals surface area contributed by atoms with E-state index in [0.717, 1.165) is 5.69 Å². The van der Waals surface area contributed by atoms with E-state index in [9.17, 15) is 9.59 Å². The fourth-order valence-electron chi connectivity index (χ4n) is 2.13. The molecule has 0 atom stereocenters. The molecular formula is C18H21N3O3. The number of ether oxygens (including phenoxy) is 1. The Morgan fingerprint density at radius 3 is 2.42 bits per heavy atom. The molecule has 0 unspecified atom stereocenters. The van der Waals surface area contributed by atoms with E-state index in [-0.39, 0.29) is 18.4 Å². The molecule has 0 saturated heterocycles. The molecule has 0 aliphatic carbocycles. The molecule has 0 spiro atoms. The normalized spacial score (nSPS) is 9.92. The van der Waals surface area contributed by atoms with Crippen molar-refractivity contribution in [1.82, 2.24) is 5.32 Å². The maximum atomic E-state index is 12.0. The summed E-state index contributed by atoms with van der Waals surface area (Å²) < 4.78 is 5.19. The summed E-state index contributed by atoms with van der Waals surface area (Å²) in [6, 6.07) is 14.2. The first-order valence-corrected chi connectivity index (χ1v) is 7.69. The lowest BCUT2D eigenvalue weighted by molar-refractivity contribution is -0.114. The molecule has 6 nitrogen and oxygen atoms in total. The van der Waals surface area contributed by atoms with E-state index in [1.807, 2.05) is 19.1 Å². The number of methoxy groups -OCH3 is 1. The standard InChI is InChI=1S/C18H21N3O3/c1-3-19-18(23)13-8-10-14(11-9-13)20-12-17(22)21-15-6-4-5-7-16(15)24-2/h4-11,20H,3,12H2,1-2H3,(H,19,23)(H,21,22). The van der Waals surface area contributed by atoms with Gasteiger partial charge in [0, 0.05) is 17.8 Å². The van der Waals surface area contributed by atoms with Gasteiger partial charge in [0.15, 0.2) is 0 Å². The number of carbonyl (C=O) groups is 2. The van der Waals surface area contributed by atoms with Crippen molar-refractivity contribution in [3.8, 4) is 5.75 Å². The van der Waals surface area contributed by atoms with E-state index < -0.39 is 0 Å². The van der Waals surface area contributed by atoms with Crippen molar-refractivity contribution in [2.75, 3.05) is 30.8 Å². The first-order valence-electron chi connectivity index (χ1n) is 7.69. The van der Waals surface area contributed by atoms with Crippen LogP contribution in [0.15, 0.2) is 48.5 Å². The third-order valence-electron chi connectivity index (χ3n) is 3.32. The summed E-state index contributed by atoms with van der Waals surface area (Å²) in [6.07, 6.45) is 0. The first kappa shape index (κ1) is 17.3. The Hall–Kier alpha value is -3.02. The summed E-state index contributed by atoms with van der Waals surface area (Å²) in [6.45, 7) is 2.56. The van der Waals surface area contributed by atoms with Gasteiger partial charge in [-0.15, -0.1) is 0 Å². The van der Waals surface area contributed by atoms with Gasteiger partial charge in [0.2, 0.25) is 5.91 Å². The van der Waals surface area contributed by atoms with E-state index in [1.165, 1.54) is 0 Å². The molecule has 0 saturated carbocycles. The molecule has 0 fully saturated rings. The highest BCUT2D eigenvalue weighted by atomic mass is 16.5. The number of para-hydroxylation sites is 2. The molecule has 0 aliphatic rings. The highest BCUT2D eigenvalue weighted by Gasteiger charge is 2.07. The second-order valence-electron chi connectivity index (χ2n) is 5.04. The van der Waals surface area contributed by atoms with Crippen LogP contribution in [0.3, 0.4) is 0 Å². The van der Waals surface area contributed by atoms with Crippen LogP contribution in [0.1, 0.15) is 17.3 Å². The van der Waals surface area contributed by atoms with Gasteiger partial charge in [-0.3, -0.25) is 9.59 Å². The fraction of sp³-hybridized carbons (Fsp3) is 0.222. The molecule has 2 aromatic rings. The van der Waals surface area contributed by atoms with Gasteiger partial charge in [-0.05, 0) is 43.3 Å². The highest BCUT2D eigenvalue weighted by molar-refractivity contribution is 5.96. The fourth-order valence-corrected chi connectivity index (χ4v) is 2.13. The Labute approximate surface area is 141 Å². The number of hydrogen-bond donors (Lipinski definition) is 3. The summed E-state index contributed by atoms with van der Waals surface area (Å²) in [5.41, 5.74) is 1.97. The zero-order valence-electron chi connectivity index (χ0n) is 13.8. The van der Waals surface area contributed by atoms with E-state index >= 15 is 0 Å². The van der Waals surface area contributed by atoms with Crippen LogP contribution >= 0.6 is 0 Å². The Kier molecular flexibility index (Phi) is 6.19. The summed E-state index contributed by atoms with van der Waals surface area (Å²) in [5.74, 6) is 0.308. The van der Waals surface area contributed by atoms with Gasteiger partial charge >= 0.3 is 0 Å². The Balaban J connectivity index is 1.88. The van der Waals surface area contributed by atoms with Crippen LogP contribution in [0, 0.1) is 0 Å². The SMILES string of the molecule is CCNC(=O)c1ccc(NCC(=O)Nc2ccccc2OC)cc1. The van der Waals surface area contributed by atoms with E-state index in [2.05, 4.69) is 16.0 Å². The number of carbonyl (C=O) groups excluding carboxylic acids is 2. The van der Waals surface area contributed by atoms with Gasteiger partial charge in [0.05, 0.1) is 19.3 Å².